The van der Waals surface area contributed by atoms with Crippen LogP contribution in [0, 0.1) is 0 Å². The Morgan fingerprint density at radius 2 is 2.00 bits per heavy atom. The number of aromatic hydroxyl groups is 1. The molecule has 1 fully saturated rings. The molecule has 8 heteroatoms. The maximum atomic E-state index is 12.4. The summed E-state index contributed by atoms with van der Waals surface area (Å²) in [5, 5.41) is 11.2. The Labute approximate surface area is 180 Å². The molecule has 3 heterocycles. The van der Waals surface area contributed by atoms with Gasteiger partial charge in [-0.2, -0.15) is 0 Å². The second-order valence-electron chi connectivity index (χ2n) is 8.82. The van der Waals surface area contributed by atoms with Crippen molar-refractivity contribution < 1.29 is 14.6 Å². The fourth-order valence-corrected chi connectivity index (χ4v) is 4.74. The maximum Gasteiger partial charge on any atom is 0.410 e. The number of nitrogens with zero attached hydrogens (tertiary/aromatic N) is 3. The molecule has 4 rings (SSSR count). The standard InChI is InChI=1S/C21H25Cl2N3O3/c1-21(2,3)29-20(28)25-7-6-12(10-25)15-9-24-17-8-13(11-26(15)17)18-16(27)5-4-14(22)19(18)23/h4-5,9,12-13,27H,6-8,10-11H2,1-3H3/t12?,13-/m1/s1. The number of rotatable bonds is 2. The summed E-state index contributed by atoms with van der Waals surface area (Å²) >= 11 is 12.5. The first kappa shape index (κ1) is 20.4. The van der Waals surface area contributed by atoms with Gasteiger partial charge in [0.25, 0.3) is 0 Å². The van der Waals surface area contributed by atoms with E-state index in [9.17, 15) is 9.90 Å². The van der Waals surface area contributed by atoms with Gasteiger partial charge in [-0.1, -0.05) is 23.2 Å². The number of amides is 1. The third kappa shape index (κ3) is 3.92. The van der Waals surface area contributed by atoms with Crippen LogP contribution in [-0.4, -0.2) is 44.3 Å². The van der Waals surface area contributed by atoms with E-state index in [4.69, 9.17) is 27.9 Å². The quantitative estimate of drug-likeness (QED) is 0.720. The van der Waals surface area contributed by atoms with Crippen LogP contribution in [0.5, 0.6) is 5.75 Å². The van der Waals surface area contributed by atoms with Gasteiger partial charge in [0, 0.05) is 55.3 Å². The Hall–Kier alpha value is -1.92. The van der Waals surface area contributed by atoms with Crippen LogP contribution in [-0.2, 0) is 17.7 Å². The average Bonchev–Trinajstić information content (AvgIpc) is 3.32. The number of fused-ring (bicyclic) bond motifs is 1. The maximum absolute atomic E-state index is 12.4. The number of imidazole rings is 1. The van der Waals surface area contributed by atoms with Crippen molar-refractivity contribution in [2.75, 3.05) is 13.1 Å². The molecule has 1 unspecified atom stereocenters. The van der Waals surface area contributed by atoms with E-state index >= 15 is 0 Å². The fraction of sp³-hybridized carbons (Fsp3) is 0.524. The largest absolute Gasteiger partial charge is 0.508 e. The third-order valence-electron chi connectivity index (χ3n) is 5.58. The summed E-state index contributed by atoms with van der Waals surface area (Å²) in [4.78, 5) is 18.7. The van der Waals surface area contributed by atoms with Crippen molar-refractivity contribution in [2.45, 2.75) is 57.6 Å². The summed E-state index contributed by atoms with van der Waals surface area (Å²) in [6.45, 7) is 7.59. The number of phenolic OH excluding ortho intramolecular Hbond substituents is 1. The number of carbonyl (C=O) groups is 1. The zero-order valence-electron chi connectivity index (χ0n) is 16.8. The minimum Gasteiger partial charge on any atom is -0.508 e. The van der Waals surface area contributed by atoms with Crippen molar-refractivity contribution in [3.63, 3.8) is 0 Å². The molecule has 0 bridgehead atoms. The highest BCUT2D eigenvalue weighted by Gasteiger charge is 2.36. The molecule has 6 nitrogen and oxygen atoms in total. The molecule has 0 saturated carbocycles. The average molecular weight is 438 g/mol. The van der Waals surface area contributed by atoms with E-state index in [-0.39, 0.29) is 23.7 Å². The molecule has 1 amide bonds. The highest BCUT2D eigenvalue weighted by Crippen LogP contribution is 2.43. The lowest BCUT2D eigenvalue weighted by molar-refractivity contribution is 0.0292. The van der Waals surface area contributed by atoms with Crippen molar-refractivity contribution in [3.8, 4) is 5.75 Å². The van der Waals surface area contributed by atoms with Gasteiger partial charge in [-0.25, -0.2) is 9.78 Å². The lowest BCUT2D eigenvalue weighted by Crippen LogP contribution is -2.35. The van der Waals surface area contributed by atoms with E-state index in [0.29, 0.717) is 41.7 Å². The van der Waals surface area contributed by atoms with Crippen LogP contribution < -0.4 is 0 Å². The molecule has 0 aliphatic carbocycles. The van der Waals surface area contributed by atoms with E-state index in [1.165, 1.54) is 0 Å². The number of benzene rings is 1. The Morgan fingerprint density at radius 1 is 1.24 bits per heavy atom. The summed E-state index contributed by atoms with van der Waals surface area (Å²) in [7, 11) is 0. The number of likely N-dealkylation sites (tertiary alicyclic amines) is 1. The van der Waals surface area contributed by atoms with Crippen molar-refractivity contribution in [1.29, 1.82) is 0 Å². The Bertz CT molecular complexity index is 951. The highest BCUT2D eigenvalue weighted by atomic mass is 35.5. The second kappa shape index (κ2) is 7.40. The van der Waals surface area contributed by atoms with E-state index in [1.807, 2.05) is 27.0 Å². The van der Waals surface area contributed by atoms with Crippen LogP contribution in [0.2, 0.25) is 10.0 Å². The lowest BCUT2D eigenvalue weighted by atomic mass is 9.96. The van der Waals surface area contributed by atoms with Crippen LogP contribution in [0.4, 0.5) is 4.79 Å². The van der Waals surface area contributed by atoms with Gasteiger partial charge in [0.15, 0.2) is 0 Å². The number of hydrogen-bond donors (Lipinski definition) is 1. The SMILES string of the molecule is CC(C)(C)OC(=O)N1CCC(c2cnc3n2C[C@H](c2c(O)ccc(Cl)c2Cl)C3)C1. The number of phenols is 1. The van der Waals surface area contributed by atoms with Crippen molar-refractivity contribution >= 4 is 29.3 Å². The van der Waals surface area contributed by atoms with E-state index in [2.05, 4.69) is 9.55 Å². The minimum absolute atomic E-state index is 0.0204. The van der Waals surface area contributed by atoms with Crippen LogP contribution >= 0.6 is 23.2 Å². The highest BCUT2D eigenvalue weighted by molar-refractivity contribution is 6.42. The van der Waals surface area contributed by atoms with Crippen LogP contribution in [0.25, 0.3) is 0 Å². The Morgan fingerprint density at radius 3 is 2.72 bits per heavy atom. The predicted molar refractivity (Wildman–Crippen MR) is 112 cm³/mol. The van der Waals surface area contributed by atoms with Crippen molar-refractivity contribution in [2.24, 2.45) is 0 Å². The summed E-state index contributed by atoms with van der Waals surface area (Å²) in [5.41, 5.74) is 1.29. The summed E-state index contributed by atoms with van der Waals surface area (Å²) in [6.07, 6.45) is 3.21. The summed E-state index contributed by atoms with van der Waals surface area (Å²) in [6, 6.07) is 3.19. The summed E-state index contributed by atoms with van der Waals surface area (Å²) in [5.74, 6) is 1.36. The van der Waals surface area contributed by atoms with Gasteiger partial charge < -0.3 is 19.3 Å². The molecule has 1 N–H and O–H groups in total. The Balaban J connectivity index is 1.50. The first-order valence-corrected chi connectivity index (χ1v) is 10.6. The fourth-order valence-electron chi connectivity index (χ4n) is 4.27. The van der Waals surface area contributed by atoms with Gasteiger partial charge in [0.1, 0.15) is 17.2 Å². The van der Waals surface area contributed by atoms with Crippen LogP contribution in [0.1, 0.15) is 56.1 Å². The van der Waals surface area contributed by atoms with Gasteiger partial charge in [0.2, 0.25) is 0 Å². The smallest absolute Gasteiger partial charge is 0.410 e. The van der Waals surface area contributed by atoms with Gasteiger partial charge >= 0.3 is 6.09 Å². The predicted octanol–water partition coefficient (Wildman–Crippen LogP) is 4.96. The first-order valence-electron chi connectivity index (χ1n) is 9.83. The van der Waals surface area contributed by atoms with Crippen molar-refractivity contribution in [1.82, 2.24) is 14.5 Å². The molecule has 1 aromatic carbocycles. The van der Waals surface area contributed by atoms with E-state index < -0.39 is 5.60 Å². The number of aromatic nitrogens is 2. The Kier molecular flexibility index (Phi) is 5.20. The normalized spacial score (nSPS) is 21.5. The van der Waals surface area contributed by atoms with Gasteiger partial charge in [0.05, 0.1) is 10.0 Å². The lowest BCUT2D eigenvalue weighted by Gasteiger charge is -2.24. The molecule has 0 spiro atoms. The van der Waals surface area contributed by atoms with Gasteiger partial charge in [-0.05, 0) is 39.3 Å². The molecular weight excluding hydrogens is 413 g/mol. The molecule has 156 valence electrons. The van der Waals surface area contributed by atoms with Crippen LogP contribution in [0.15, 0.2) is 18.3 Å². The summed E-state index contributed by atoms with van der Waals surface area (Å²) < 4.78 is 7.70. The molecule has 1 aromatic heterocycles. The zero-order chi connectivity index (χ0) is 20.9. The van der Waals surface area contributed by atoms with Gasteiger partial charge in [-0.15, -0.1) is 0 Å². The minimum atomic E-state index is -0.502. The van der Waals surface area contributed by atoms with Gasteiger partial charge in [-0.3, -0.25) is 0 Å². The number of halogens is 2. The third-order valence-corrected chi connectivity index (χ3v) is 6.40. The van der Waals surface area contributed by atoms with Crippen molar-refractivity contribution in [3.05, 3.63) is 45.5 Å². The number of ether oxygens (including phenoxy) is 1. The molecule has 1 saturated heterocycles. The topological polar surface area (TPSA) is 67.6 Å². The van der Waals surface area contributed by atoms with Crippen LogP contribution in [0.3, 0.4) is 0 Å². The monoisotopic (exact) mass is 437 g/mol. The van der Waals surface area contributed by atoms with E-state index in [0.717, 1.165) is 17.9 Å². The number of carbonyl (C=O) groups excluding carboxylic acids is 1. The molecule has 2 atom stereocenters. The molecule has 2 aromatic rings. The van der Waals surface area contributed by atoms with E-state index in [1.54, 1.807) is 17.0 Å². The zero-order valence-corrected chi connectivity index (χ0v) is 18.3. The molecular formula is C21H25Cl2N3O3. The molecule has 29 heavy (non-hydrogen) atoms. The molecule has 0 radical (unpaired) electrons. The number of hydrogen-bond acceptors (Lipinski definition) is 4. The molecule has 2 aliphatic heterocycles. The first-order chi connectivity index (χ1) is 13.6. The molecule has 2 aliphatic rings. The second-order valence-corrected chi connectivity index (χ2v) is 9.60.